The summed E-state index contributed by atoms with van der Waals surface area (Å²) < 4.78 is 18.3. The molecule has 2 aromatic heterocycles. The Morgan fingerprint density at radius 3 is 2.93 bits per heavy atom. The highest BCUT2D eigenvalue weighted by Crippen LogP contribution is 2.29. The number of methoxy groups -OCH3 is 1. The first-order chi connectivity index (χ1) is 14.6. The Kier molecular flexibility index (Phi) is 5.98. The first-order valence-corrected chi connectivity index (χ1v) is 9.80. The van der Waals surface area contributed by atoms with Gasteiger partial charge < -0.3 is 29.0 Å². The van der Waals surface area contributed by atoms with Gasteiger partial charge in [0, 0.05) is 29.9 Å². The van der Waals surface area contributed by atoms with Gasteiger partial charge in [-0.2, -0.15) is 0 Å². The molecule has 0 aliphatic carbocycles. The molecule has 0 bridgehead atoms. The highest BCUT2D eigenvalue weighted by molar-refractivity contribution is 5.85. The number of ether oxygens (including phenoxy) is 3. The van der Waals surface area contributed by atoms with Gasteiger partial charge in [-0.3, -0.25) is 9.78 Å². The molecule has 4 rings (SSSR count). The lowest BCUT2D eigenvalue weighted by Crippen LogP contribution is -2.39. The van der Waals surface area contributed by atoms with Crippen molar-refractivity contribution in [2.24, 2.45) is 0 Å². The zero-order valence-electron chi connectivity index (χ0n) is 16.6. The van der Waals surface area contributed by atoms with Gasteiger partial charge in [-0.1, -0.05) is 0 Å². The molecule has 3 heterocycles. The van der Waals surface area contributed by atoms with Gasteiger partial charge in [-0.25, -0.2) is 0 Å². The van der Waals surface area contributed by atoms with Crippen LogP contribution in [0.1, 0.15) is 18.1 Å². The monoisotopic (exact) mass is 412 g/mol. The Morgan fingerprint density at radius 2 is 2.10 bits per heavy atom. The maximum absolute atomic E-state index is 12.3. The number of aromatic nitrogens is 2. The Hall–Kier alpha value is -2.94. The smallest absolute Gasteiger partial charge is 0.250 e. The lowest BCUT2D eigenvalue weighted by molar-refractivity contribution is -0.137. The number of pyridine rings is 2. The predicted molar refractivity (Wildman–Crippen MR) is 110 cm³/mol. The first kappa shape index (κ1) is 20.3. The molecule has 3 aromatic rings. The van der Waals surface area contributed by atoms with Crippen molar-refractivity contribution in [1.29, 1.82) is 0 Å². The van der Waals surface area contributed by atoms with Crippen molar-refractivity contribution >= 4 is 10.9 Å². The number of fused-ring (bicyclic) bond motifs is 1. The summed E-state index contributed by atoms with van der Waals surface area (Å²) in [4.78, 5) is 16.6. The van der Waals surface area contributed by atoms with E-state index in [0.717, 1.165) is 10.9 Å². The molecule has 8 nitrogen and oxygen atoms in total. The number of hydrogen-bond acceptors (Lipinski definition) is 7. The second kappa shape index (κ2) is 8.83. The van der Waals surface area contributed by atoms with Crippen LogP contribution in [0.15, 0.2) is 53.6 Å². The minimum Gasteiger partial charge on any atom is -0.497 e. The van der Waals surface area contributed by atoms with E-state index >= 15 is 0 Å². The third kappa shape index (κ3) is 4.16. The lowest BCUT2D eigenvalue weighted by Gasteiger charge is -2.32. The third-order valence-corrected chi connectivity index (χ3v) is 5.25. The molecule has 1 fully saturated rings. The maximum atomic E-state index is 12.3. The largest absolute Gasteiger partial charge is 0.497 e. The summed E-state index contributed by atoms with van der Waals surface area (Å²) in [5.41, 5.74) is 1.22. The molecule has 0 amide bonds. The fraction of sp³-hybridized carbons (Fsp3) is 0.364. The van der Waals surface area contributed by atoms with Crippen LogP contribution in [0.25, 0.3) is 10.9 Å². The molecule has 1 aliphatic heterocycles. The second-order valence-electron chi connectivity index (χ2n) is 7.17. The minimum atomic E-state index is -1.03. The average molecular weight is 412 g/mol. The van der Waals surface area contributed by atoms with Crippen molar-refractivity contribution in [2.45, 2.75) is 31.3 Å². The van der Waals surface area contributed by atoms with Gasteiger partial charge in [0.15, 0.2) is 0 Å². The normalized spacial score (nSPS) is 21.5. The van der Waals surface area contributed by atoms with Crippen LogP contribution in [0.4, 0.5) is 0 Å². The lowest BCUT2D eigenvalue weighted by atomic mass is 9.97. The zero-order valence-corrected chi connectivity index (χ0v) is 16.6. The van der Waals surface area contributed by atoms with Crippen molar-refractivity contribution in [3.05, 3.63) is 64.7 Å². The van der Waals surface area contributed by atoms with E-state index in [2.05, 4.69) is 4.98 Å². The van der Waals surface area contributed by atoms with Gasteiger partial charge in [0.1, 0.15) is 30.3 Å². The molecule has 8 heteroatoms. The molecule has 0 saturated carbocycles. The van der Waals surface area contributed by atoms with E-state index in [4.69, 9.17) is 14.2 Å². The summed E-state index contributed by atoms with van der Waals surface area (Å²) in [5, 5.41) is 21.0. The third-order valence-electron chi connectivity index (χ3n) is 5.25. The molecule has 0 spiro atoms. The molecule has 0 radical (unpaired) electrons. The van der Waals surface area contributed by atoms with Crippen LogP contribution in [0.5, 0.6) is 11.5 Å². The van der Waals surface area contributed by atoms with E-state index in [1.807, 2.05) is 18.2 Å². The standard InChI is InChI=1S/C22H24N2O6/c1-28-15-3-4-16-17(12-15)23-8-6-19(16)29-11-9-24-13-14(2-5-20(24)26)22-21(27)18(25)7-10-30-22/h2-6,8,12-13,18,21-22,25,27H,7,9-11H2,1H3/t18-,21+,22+/m1/s1. The number of nitrogens with zero attached hydrogens (tertiary/aromatic N) is 2. The van der Waals surface area contributed by atoms with Crippen LogP contribution in [0, 0.1) is 0 Å². The minimum absolute atomic E-state index is 0.183. The van der Waals surface area contributed by atoms with Crippen molar-refractivity contribution in [3.63, 3.8) is 0 Å². The molecule has 1 aromatic carbocycles. The average Bonchev–Trinajstić information content (AvgIpc) is 2.76. The summed E-state index contributed by atoms with van der Waals surface area (Å²) >= 11 is 0. The van der Waals surface area contributed by atoms with Gasteiger partial charge >= 0.3 is 0 Å². The Morgan fingerprint density at radius 1 is 1.23 bits per heavy atom. The SMILES string of the molecule is COc1ccc2c(OCCn3cc([C@@H]4OCC[C@@H](O)[C@@H]4O)ccc3=O)ccnc2c1. The topological polar surface area (TPSA) is 103 Å². The van der Waals surface area contributed by atoms with Crippen LogP contribution in [-0.2, 0) is 11.3 Å². The molecule has 1 aliphatic rings. The number of aliphatic hydroxyl groups is 2. The zero-order chi connectivity index (χ0) is 21.1. The first-order valence-electron chi connectivity index (χ1n) is 9.80. The maximum Gasteiger partial charge on any atom is 0.250 e. The van der Waals surface area contributed by atoms with Gasteiger partial charge in [-0.15, -0.1) is 0 Å². The quantitative estimate of drug-likeness (QED) is 0.635. The molecular weight excluding hydrogens is 388 g/mol. The van der Waals surface area contributed by atoms with Crippen LogP contribution >= 0.6 is 0 Å². The number of benzene rings is 1. The van der Waals surface area contributed by atoms with Crippen LogP contribution in [0.2, 0.25) is 0 Å². The van der Waals surface area contributed by atoms with E-state index in [0.29, 0.717) is 36.6 Å². The predicted octanol–water partition coefficient (Wildman–Crippen LogP) is 1.67. The number of aliphatic hydroxyl groups excluding tert-OH is 2. The van der Waals surface area contributed by atoms with Gasteiger partial charge in [0.05, 0.1) is 31.9 Å². The highest BCUT2D eigenvalue weighted by atomic mass is 16.5. The van der Waals surface area contributed by atoms with Gasteiger partial charge in [-0.05, 0) is 36.2 Å². The Bertz CT molecular complexity index is 1080. The number of hydrogen-bond donors (Lipinski definition) is 2. The second-order valence-corrected chi connectivity index (χ2v) is 7.17. The highest BCUT2D eigenvalue weighted by Gasteiger charge is 2.32. The molecule has 158 valence electrons. The molecule has 0 unspecified atom stereocenters. The van der Waals surface area contributed by atoms with E-state index in [1.165, 1.54) is 10.6 Å². The fourth-order valence-corrected chi connectivity index (χ4v) is 3.58. The van der Waals surface area contributed by atoms with Gasteiger partial charge in [0.2, 0.25) is 0 Å². The Labute approximate surface area is 173 Å². The molecule has 3 atom stereocenters. The summed E-state index contributed by atoms with van der Waals surface area (Å²) in [5.74, 6) is 1.38. The molecule has 30 heavy (non-hydrogen) atoms. The van der Waals surface area contributed by atoms with E-state index < -0.39 is 18.3 Å². The fourth-order valence-electron chi connectivity index (χ4n) is 3.58. The summed E-state index contributed by atoms with van der Waals surface area (Å²) in [6.45, 7) is 0.939. The summed E-state index contributed by atoms with van der Waals surface area (Å²) in [7, 11) is 1.60. The Balaban J connectivity index is 1.48. The van der Waals surface area contributed by atoms with E-state index in [9.17, 15) is 15.0 Å². The van der Waals surface area contributed by atoms with Crippen molar-refractivity contribution < 1.29 is 24.4 Å². The van der Waals surface area contributed by atoms with Gasteiger partial charge in [0.25, 0.3) is 5.56 Å². The molecule has 1 saturated heterocycles. The van der Waals surface area contributed by atoms with Crippen LogP contribution < -0.4 is 15.0 Å². The molecule has 2 N–H and O–H groups in total. The van der Waals surface area contributed by atoms with Crippen molar-refractivity contribution in [3.8, 4) is 11.5 Å². The number of rotatable bonds is 6. The van der Waals surface area contributed by atoms with Crippen LogP contribution in [-0.4, -0.2) is 52.3 Å². The summed E-state index contributed by atoms with van der Waals surface area (Å²) in [6.07, 6.45) is 1.16. The van der Waals surface area contributed by atoms with Crippen molar-refractivity contribution in [2.75, 3.05) is 20.3 Å². The molecular formula is C22H24N2O6. The summed E-state index contributed by atoms with van der Waals surface area (Å²) in [6, 6.07) is 10.4. The van der Waals surface area contributed by atoms with E-state index in [1.54, 1.807) is 31.6 Å². The van der Waals surface area contributed by atoms with Crippen LogP contribution in [0.3, 0.4) is 0 Å². The van der Waals surface area contributed by atoms with Crippen molar-refractivity contribution in [1.82, 2.24) is 9.55 Å². The van der Waals surface area contributed by atoms with E-state index in [-0.39, 0.29) is 12.2 Å².